The van der Waals surface area contributed by atoms with Crippen molar-refractivity contribution in [2.24, 2.45) is 4.99 Å². The number of imidazole rings is 1. The molecule has 0 aliphatic carbocycles. The summed E-state index contributed by atoms with van der Waals surface area (Å²) < 4.78 is 0. The van der Waals surface area contributed by atoms with Crippen LogP contribution >= 0.6 is 11.3 Å². The third-order valence-electron chi connectivity index (χ3n) is 4.13. The average molecular weight is 347 g/mol. The summed E-state index contributed by atoms with van der Waals surface area (Å²) in [6.45, 7) is 7.24. The van der Waals surface area contributed by atoms with E-state index in [1.165, 1.54) is 25.7 Å². The monoisotopic (exact) mass is 346 g/mol. The topological polar surface area (TPSA) is 69.2 Å². The van der Waals surface area contributed by atoms with Crippen molar-refractivity contribution in [2.45, 2.75) is 46.0 Å². The fourth-order valence-electron chi connectivity index (χ4n) is 2.82. The number of unbranched alkanes of at least 4 members (excludes halogenated alkanes) is 3. The lowest BCUT2D eigenvalue weighted by molar-refractivity contribution is 0.379. The second-order valence-corrected chi connectivity index (χ2v) is 7.01. The first-order chi connectivity index (χ1) is 11.8. The van der Waals surface area contributed by atoms with E-state index in [0.29, 0.717) is 0 Å². The Labute approximate surface area is 147 Å². The molecule has 0 aromatic carbocycles. The van der Waals surface area contributed by atoms with Crippen LogP contribution < -0.4 is 5.32 Å². The van der Waals surface area contributed by atoms with Gasteiger partial charge in [0.15, 0.2) is 11.1 Å². The van der Waals surface area contributed by atoms with Gasteiger partial charge >= 0.3 is 0 Å². The highest BCUT2D eigenvalue weighted by Gasteiger charge is 2.16. The van der Waals surface area contributed by atoms with Crippen LogP contribution in [0.3, 0.4) is 0 Å². The van der Waals surface area contributed by atoms with Crippen LogP contribution in [0.15, 0.2) is 16.6 Å². The number of H-pyrrole nitrogens is 1. The van der Waals surface area contributed by atoms with Gasteiger partial charge in [0.2, 0.25) is 0 Å². The number of guanidine groups is 1. The number of hydrogen-bond donors (Lipinski definition) is 2. The highest BCUT2D eigenvalue weighted by Crippen LogP contribution is 2.24. The van der Waals surface area contributed by atoms with Gasteiger partial charge in [-0.05, 0) is 19.8 Å². The molecule has 3 rings (SSSR count). The Morgan fingerprint density at radius 1 is 1.33 bits per heavy atom. The predicted octanol–water partition coefficient (Wildman–Crippen LogP) is 3.90. The molecule has 0 amide bonds. The van der Waals surface area contributed by atoms with Gasteiger partial charge in [0.05, 0.1) is 11.9 Å². The van der Waals surface area contributed by atoms with E-state index in [0.717, 1.165) is 54.4 Å². The number of aliphatic imine (C=N–C) groups is 1. The fourth-order valence-corrected chi connectivity index (χ4v) is 3.52. The van der Waals surface area contributed by atoms with Crippen molar-refractivity contribution in [1.82, 2.24) is 19.9 Å². The number of nitrogens with one attached hydrogen (secondary N) is 2. The molecule has 7 heteroatoms. The van der Waals surface area contributed by atoms with Gasteiger partial charge in [0.1, 0.15) is 11.5 Å². The van der Waals surface area contributed by atoms with E-state index in [1.54, 1.807) is 11.3 Å². The van der Waals surface area contributed by atoms with Crippen molar-refractivity contribution >= 4 is 22.4 Å². The van der Waals surface area contributed by atoms with Gasteiger partial charge < -0.3 is 15.2 Å². The van der Waals surface area contributed by atoms with Crippen LogP contribution in [0.25, 0.3) is 11.4 Å². The van der Waals surface area contributed by atoms with Crippen LogP contribution in [-0.4, -0.2) is 45.4 Å². The summed E-state index contributed by atoms with van der Waals surface area (Å²) in [6.07, 6.45) is 8.06. The van der Waals surface area contributed by atoms with Crippen molar-refractivity contribution in [3.05, 3.63) is 17.4 Å². The summed E-state index contributed by atoms with van der Waals surface area (Å²) >= 11 is 1.60. The molecule has 6 nitrogen and oxygen atoms in total. The number of hydrogen-bond acceptors (Lipinski definition) is 6. The van der Waals surface area contributed by atoms with Crippen LogP contribution in [0.4, 0.5) is 5.13 Å². The Morgan fingerprint density at radius 3 is 3.04 bits per heavy atom. The zero-order valence-corrected chi connectivity index (χ0v) is 15.3. The molecule has 1 aliphatic rings. The van der Waals surface area contributed by atoms with Gasteiger partial charge in [-0.25, -0.2) is 9.97 Å². The molecule has 1 aliphatic heterocycles. The molecule has 0 saturated heterocycles. The van der Waals surface area contributed by atoms with E-state index in [2.05, 4.69) is 37.1 Å². The number of rotatable bonds is 7. The minimum absolute atomic E-state index is 0.886. The normalized spacial score (nSPS) is 14.8. The van der Waals surface area contributed by atoms with E-state index in [9.17, 15) is 0 Å². The molecule has 2 aromatic rings. The molecule has 0 unspecified atom stereocenters. The average Bonchev–Trinajstić information content (AvgIpc) is 3.22. The van der Waals surface area contributed by atoms with Crippen LogP contribution in [0, 0.1) is 6.92 Å². The third kappa shape index (κ3) is 4.35. The lowest BCUT2D eigenvalue weighted by Crippen LogP contribution is -2.40. The number of nitrogens with zero attached hydrogens (tertiary/aromatic N) is 4. The van der Waals surface area contributed by atoms with Crippen molar-refractivity contribution < 1.29 is 0 Å². The first kappa shape index (κ1) is 17.0. The fraction of sp³-hybridized carbons (Fsp3) is 0.588. The Kier molecular flexibility index (Phi) is 5.85. The van der Waals surface area contributed by atoms with Crippen LogP contribution in [0.1, 0.15) is 44.9 Å². The third-order valence-corrected chi connectivity index (χ3v) is 4.89. The van der Waals surface area contributed by atoms with E-state index < -0.39 is 0 Å². The minimum Gasteiger partial charge on any atom is -0.343 e. The highest BCUT2D eigenvalue weighted by atomic mass is 32.1. The maximum absolute atomic E-state index is 4.67. The number of aromatic nitrogens is 3. The standard InChI is InChI=1S/C17H26N6S/c1-3-4-5-6-9-23-10-7-8-18-16(23)22-17-21-15(12-24-17)14-11-19-13(2)20-14/h11-12H,3-10H2,1-2H3,(H,19,20)(H,18,21,22). The summed E-state index contributed by atoms with van der Waals surface area (Å²) in [4.78, 5) is 19.1. The van der Waals surface area contributed by atoms with Gasteiger partial charge in [-0.1, -0.05) is 26.2 Å². The van der Waals surface area contributed by atoms with Gasteiger partial charge in [0, 0.05) is 25.0 Å². The molecule has 2 aromatic heterocycles. The Hall–Kier alpha value is -1.89. The van der Waals surface area contributed by atoms with Gasteiger partial charge in [-0.3, -0.25) is 4.99 Å². The van der Waals surface area contributed by atoms with Crippen LogP contribution in [0.2, 0.25) is 0 Å². The van der Waals surface area contributed by atoms with E-state index in [4.69, 9.17) is 0 Å². The zero-order chi connectivity index (χ0) is 16.8. The number of aryl methyl sites for hydroxylation is 1. The van der Waals surface area contributed by atoms with Crippen LogP contribution in [-0.2, 0) is 0 Å². The second-order valence-electron chi connectivity index (χ2n) is 6.15. The van der Waals surface area contributed by atoms with Gasteiger partial charge in [0.25, 0.3) is 0 Å². The maximum Gasteiger partial charge on any atom is 0.200 e. The van der Waals surface area contributed by atoms with Crippen molar-refractivity contribution in [3.8, 4) is 11.4 Å². The van der Waals surface area contributed by atoms with Crippen molar-refractivity contribution in [3.63, 3.8) is 0 Å². The first-order valence-electron chi connectivity index (χ1n) is 8.80. The van der Waals surface area contributed by atoms with Crippen molar-refractivity contribution in [1.29, 1.82) is 0 Å². The lowest BCUT2D eigenvalue weighted by atomic mass is 10.2. The molecule has 0 bridgehead atoms. The van der Waals surface area contributed by atoms with Gasteiger partial charge in [-0.15, -0.1) is 11.3 Å². The van der Waals surface area contributed by atoms with E-state index in [-0.39, 0.29) is 0 Å². The maximum atomic E-state index is 4.67. The lowest BCUT2D eigenvalue weighted by Gasteiger charge is -2.29. The summed E-state index contributed by atoms with van der Waals surface area (Å²) in [6, 6.07) is 0. The summed E-state index contributed by atoms with van der Waals surface area (Å²) in [5.74, 6) is 1.88. The first-order valence-corrected chi connectivity index (χ1v) is 9.68. The molecular formula is C17H26N6S. The largest absolute Gasteiger partial charge is 0.343 e. The predicted molar refractivity (Wildman–Crippen MR) is 101 cm³/mol. The van der Waals surface area contributed by atoms with E-state index >= 15 is 0 Å². The SMILES string of the molecule is CCCCCCN1CCCN=C1Nc1nc(-c2cnc(C)[nH]2)cs1. The molecule has 0 fully saturated rings. The van der Waals surface area contributed by atoms with E-state index in [1.807, 2.05) is 18.5 Å². The quantitative estimate of drug-likeness (QED) is 0.746. The Morgan fingerprint density at radius 2 is 2.25 bits per heavy atom. The minimum atomic E-state index is 0.886. The second kappa shape index (κ2) is 8.28. The molecule has 3 heterocycles. The molecule has 130 valence electrons. The number of aromatic amines is 1. The highest BCUT2D eigenvalue weighted by molar-refractivity contribution is 7.14. The molecule has 24 heavy (non-hydrogen) atoms. The molecule has 0 saturated carbocycles. The Balaban J connectivity index is 1.61. The molecule has 0 atom stereocenters. The van der Waals surface area contributed by atoms with Gasteiger partial charge in [-0.2, -0.15) is 0 Å². The van der Waals surface area contributed by atoms with Crippen molar-refractivity contribution in [2.75, 3.05) is 25.0 Å². The molecule has 2 N–H and O–H groups in total. The number of thiazole rings is 1. The summed E-state index contributed by atoms with van der Waals surface area (Å²) in [7, 11) is 0. The summed E-state index contributed by atoms with van der Waals surface area (Å²) in [5, 5.41) is 6.35. The Bertz CT molecular complexity index is 674. The molecule has 0 spiro atoms. The summed E-state index contributed by atoms with van der Waals surface area (Å²) in [5.41, 5.74) is 1.88. The smallest absolute Gasteiger partial charge is 0.200 e. The van der Waals surface area contributed by atoms with Crippen LogP contribution in [0.5, 0.6) is 0 Å². The molecule has 0 radical (unpaired) electrons. The molecular weight excluding hydrogens is 320 g/mol. The number of anilines is 1. The zero-order valence-electron chi connectivity index (χ0n) is 14.5.